The van der Waals surface area contributed by atoms with E-state index in [2.05, 4.69) is 60.2 Å². The maximum absolute atomic E-state index is 11.9. The van der Waals surface area contributed by atoms with Crippen LogP contribution in [0.1, 0.15) is 34.5 Å². The van der Waals surface area contributed by atoms with Crippen LogP contribution in [0.2, 0.25) is 0 Å². The van der Waals surface area contributed by atoms with E-state index in [1.807, 2.05) is 6.92 Å². The molecule has 1 aromatic carbocycles. The van der Waals surface area contributed by atoms with E-state index in [9.17, 15) is 4.79 Å². The van der Waals surface area contributed by atoms with Gasteiger partial charge in [0, 0.05) is 11.4 Å². The van der Waals surface area contributed by atoms with E-state index in [-0.39, 0.29) is 11.9 Å². The molecule has 4 heteroatoms. The van der Waals surface area contributed by atoms with Crippen LogP contribution >= 0.6 is 11.3 Å². The number of carbonyl (C=O) groups is 1. The highest BCUT2D eigenvalue weighted by Gasteiger charge is 2.09. The molecule has 1 aromatic heterocycles. The first-order valence-electron chi connectivity index (χ1n) is 7.16. The molecule has 0 aliphatic carbocycles. The highest BCUT2D eigenvalue weighted by atomic mass is 32.1. The van der Waals surface area contributed by atoms with Crippen LogP contribution in [0, 0.1) is 13.8 Å². The molecule has 1 atom stereocenters. The molecule has 0 fully saturated rings. The van der Waals surface area contributed by atoms with Crippen LogP contribution < -0.4 is 10.6 Å². The van der Waals surface area contributed by atoms with Crippen molar-refractivity contribution in [3.05, 3.63) is 57.3 Å². The Bertz CT molecular complexity index is 589. The van der Waals surface area contributed by atoms with Gasteiger partial charge in [0.15, 0.2) is 0 Å². The molecule has 1 heterocycles. The Balaban J connectivity index is 1.76. The van der Waals surface area contributed by atoms with E-state index >= 15 is 0 Å². The zero-order valence-corrected chi connectivity index (χ0v) is 13.6. The molecule has 0 bridgehead atoms. The minimum atomic E-state index is 0.0253. The number of hydrogen-bond donors (Lipinski definition) is 2. The summed E-state index contributed by atoms with van der Waals surface area (Å²) in [4.78, 5) is 13.2. The second-order valence-electron chi connectivity index (χ2n) is 5.33. The Hall–Kier alpha value is -1.65. The van der Waals surface area contributed by atoms with Gasteiger partial charge < -0.3 is 10.6 Å². The monoisotopic (exact) mass is 302 g/mol. The number of thiophene rings is 1. The van der Waals surface area contributed by atoms with Crippen LogP contribution in [0.15, 0.2) is 35.7 Å². The predicted molar refractivity (Wildman–Crippen MR) is 88.5 cm³/mol. The summed E-state index contributed by atoms with van der Waals surface area (Å²) in [6.07, 6.45) is 0. The third-order valence-corrected chi connectivity index (χ3v) is 4.52. The molecule has 0 radical (unpaired) electrons. The van der Waals surface area contributed by atoms with Gasteiger partial charge in [-0.05, 0) is 43.3 Å². The van der Waals surface area contributed by atoms with Crippen molar-refractivity contribution in [3.63, 3.8) is 0 Å². The van der Waals surface area contributed by atoms with E-state index in [1.54, 1.807) is 11.3 Å². The van der Waals surface area contributed by atoms with E-state index in [0.717, 1.165) is 12.1 Å². The second-order valence-corrected chi connectivity index (χ2v) is 6.33. The zero-order valence-electron chi connectivity index (χ0n) is 12.8. The summed E-state index contributed by atoms with van der Waals surface area (Å²) in [6, 6.07) is 10.4. The normalized spacial score (nSPS) is 12.1. The Labute approximate surface area is 130 Å². The number of hydrogen-bond acceptors (Lipinski definition) is 3. The number of nitrogens with one attached hydrogen (secondary N) is 2. The lowest BCUT2D eigenvalue weighted by molar-refractivity contribution is -0.120. The van der Waals surface area contributed by atoms with Gasteiger partial charge in [0.2, 0.25) is 5.91 Å². The van der Waals surface area contributed by atoms with Gasteiger partial charge in [-0.2, -0.15) is 0 Å². The summed E-state index contributed by atoms with van der Waals surface area (Å²) in [5.74, 6) is 0.0253. The van der Waals surface area contributed by atoms with E-state index in [4.69, 9.17) is 0 Å². The first-order valence-corrected chi connectivity index (χ1v) is 8.04. The van der Waals surface area contributed by atoms with Crippen LogP contribution in [-0.4, -0.2) is 12.5 Å². The molecule has 112 valence electrons. The van der Waals surface area contributed by atoms with Crippen molar-refractivity contribution < 1.29 is 4.79 Å². The van der Waals surface area contributed by atoms with Crippen molar-refractivity contribution in [2.75, 3.05) is 6.54 Å². The molecular formula is C17H22N2OS. The Kier molecular flexibility index (Phi) is 5.53. The predicted octanol–water partition coefficient (Wildman–Crippen LogP) is 3.33. The molecule has 0 aliphatic rings. The molecule has 0 aliphatic heterocycles. The molecule has 0 spiro atoms. The molecule has 2 rings (SSSR count). The average Bonchev–Trinajstić information content (AvgIpc) is 2.85. The molecule has 2 N–H and O–H groups in total. The van der Waals surface area contributed by atoms with E-state index < -0.39 is 0 Å². The van der Waals surface area contributed by atoms with Gasteiger partial charge in [0.25, 0.3) is 0 Å². The number of rotatable bonds is 6. The number of aryl methyl sites for hydroxylation is 2. The maximum Gasteiger partial charge on any atom is 0.234 e. The summed E-state index contributed by atoms with van der Waals surface area (Å²) in [5.41, 5.74) is 3.63. The third kappa shape index (κ3) is 4.69. The Morgan fingerprint density at radius 3 is 2.52 bits per heavy atom. The van der Waals surface area contributed by atoms with Crippen molar-refractivity contribution in [1.82, 2.24) is 10.6 Å². The molecule has 3 nitrogen and oxygen atoms in total. The van der Waals surface area contributed by atoms with Crippen molar-refractivity contribution in [2.45, 2.75) is 33.4 Å². The average molecular weight is 302 g/mol. The van der Waals surface area contributed by atoms with Crippen molar-refractivity contribution in [1.29, 1.82) is 0 Å². The maximum atomic E-state index is 11.9. The fourth-order valence-electron chi connectivity index (χ4n) is 2.11. The van der Waals surface area contributed by atoms with Gasteiger partial charge >= 0.3 is 0 Å². The fraction of sp³-hybridized carbons (Fsp3) is 0.353. The van der Waals surface area contributed by atoms with Gasteiger partial charge in [-0.15, -0.1) is 11.3 Å². The molecule has 0 saturated heterocycles. The lowest BCUT2D eigenvalue weighted by atomic mass is 10.1. The lowest BCUT2D eigenvalue weighted by Gasteiger charge is -2.15. The minimum absolute atomic E-state index is 0.0253. The van der Waals surface area contributed by atoms with Crippen molar-refractivity contribution >= 4 is 17.2 Å². The van der Waals surface area contributed by atoms with Crippen molar-refractivity contribution in [3.8, 4) is 0 Å². The molecule has 1 amide bonds. The largest absolute Gasteiger partial charge is 0.348 e. The van der Waals surface area contributed by atoms with Gasteiger partial charge in [-0.3, -0.25) is 4.79 Å². The van der Waals surface area contributed by atoms with Gasteiger partial charge in [-0.25, -0.2) is 0 Å². The number of benzene rings is 1. The topological polar surface area (TPSA) is 41.1 Å². The SMILES string of the molecule is Cc1ccc(C(C)NC(=O)CNCc2sccc2C)cc1. The summed E-state index contributed by atoms with van der Waals surface area (Å²) in [7, 11) is 0. The van der Waals surface area contributed by atoms with Gasteiger partial charge in [0.05, 0.1) is 12.6 Å². The van der Waals surface area contributed by atoms with Gasteiger partial charge in [0.1, 0.15) is 0 Å². The Morgan fingerprint density at radius 2 is 1.90 bits per heavy atom. The smallest absolute Gasteiger partial charge is 0.234 e. The second kappa shape index (κ2) is 7.38. The third-order valence-electron chi connectivity index (χ3n) is 3.49. The quantitative estimate of drug-likeness (QED) is 0.859. The van der Waals surface area contributed by atoms with Gasteiger partial charge in [-0.1, -0.05) is 29.8 Å². The van der Waals surface area contributed by atoms with Crippen LogP contribution in [0.3, 0.4) is 0 Å². The van der Waals surface area contributed by atoms with Crippen LogP contribution in [0.25, 0.3) is 0 Å². The molecule has 21 heavy (non-hydrogen) atoms. The number of amides is 1. The molecule has 1 unspecified atom stereocenters. The molecule has 0 saturated carbocycles. The highest BCUT2D eigenvalue weighted by molar-refractivity contribution is 7.10. The number of carbonyl (C=O) groups excluding carboxylic acids is 1. The first-order chi connectivity index (χ1) is 10.1. The summed E-state index contributed by atoms with van der Waals surface area (Å²) in [5, 5.41) is 8.28. The van der Waals surface area contributed by atoms with Crippen molar-refractivity contribution in [2.24, 2.45) is 0 Å². The summed E-state index contributed by atoms with van der Waals surface area (Å²) < 4.78 is 0. The molecule has 2 aromatic rings. The first kappa shape index (κ1) is 15.7. The van der Waals surface area contributed by atoms with E-state index in [0.29, 0.717) is 6.54 Å². The standard InChI is InChI=1S/C17H22N2OS/c1-12-4-6-15(7-5-12)14(3)19-17(20)11-18-10-16-13(2)8-9-21-16/h4-9,14,18H,10-11H2,1-3H3,(H,19,20). The lowest BCUT2D eigenvalue weighted by Crippen LogP contribution is -2.35. The molecular weight excluding hydrogens is 280 g/mol. The fourth-order valence-corrected chi connectivity index (χ4v) is 2.98. The van der Waals surface area contributed by atoms with Crippen LogP contribution in [-0.2, 0) is 11.3 Å². The summed E-state index contributed by atoms with van der Waals surface area (Å²) >= 11 is 1.72. The minimum Gasteiger partial charge on any atom is -0.348 e. The van der Waals surface area contributed by atoms with E-state index in [1.165, 1.54) is 16.0 Å². The zero-order chi connectivity index (χ0) is 15.2. The summed E-state index contributed by atoms with van der Waals surface area (Å²) in [6.45, 7) is 7.24. The van der Waals surface area contributed by atoms with Crippen LogP contribution in [0.4, 0.5) is 0 Å². The van der Waals surface area contributed by atoms with Crippen LogP contribution in [0.5, 0.6) is 0 Å². The highest BCUT2D eigenvalue weighted by Crippen LogP contribution is 2.15. The Morgan fingerprint density at radius 1 is 1.19 bits per heavy atom.